The first-order valence-corrected chi connectivity index (χ1v) is 9.88. The smallest absolute Gasteiger partial charge is 0.225 e. The molecule has 1 aromatic carbocycles. The Kier molecular flexibility index (Phi) is 8.25. The van der Waals surface area contributed by atoms with Crippen molar-refractivity contribution in [2.75, 3.05) is 45.8 Å². The number of nitrogens with zero attached hydrogens (tertiary/aromatic N) is 2. The van der Waals surface area contributed by atoms with E-state index in [9.17, 15) is 9.59 Å². The van der Waals surface area contributed by atoms with Crippen LogP contribution in [0.3, 0.4) is 0 Å². The molecule has 1 aliphatic rings. The Morgan fingerprint density at radius 3 is 2.19 bits per heavy atom. The molecule has 27 heavy (non-hydrogen) atoms. The van der Waals surface area contributed by atoms with Gasteiger partial charge in [0, 0.05) is 64.2 Å². The lowest BCUT2D eigenvalue weighted by Crippen LogP contribution is -2.48. The van der Waals surface area contributed by atoms with Crippen LogP contribution in [-0.4, -0.2) is 67.4 Å². The Balaban J connectivity index is 1.54. The fourth-order valence-corrected chi connectivity index (χ4v) is 3.01. The van der Waals surface area contributed by atoms with E-state index in [1.54, 1.807) is 0 Å². The zero-order valence-electron chi connectivity index (χ0n) is 17.0. The summed E-state index contributed by atoms with van der Waals surface area (Å²) in [5.74, 6) is -0.0319. The molecule has 2 amide bonds. The van der Waals surface area contributed by atoms with Crippen molar-refractivity contribution in [3.05, 3.63) is 35.9 Å². The van der Waals surface area contributed by atoms with Gasteiger partial charge >= 0.3 is 0 Å². The van der Waals surface area contributed by atoms with Crippen LogP contribution in [0.4, 0.5) is 0 Å². The molecule has 0 bridgehead atoms. The van der Waals surface area contributed by atoms with Gasteiger partial charge in [-0.05, 0) is 5.56 Å². The molecule has 0 radical (unpaired) electrons. The van der Waals surface area contributed by atoms with Gasteiger partial charge in [0.1, 0.15) is 0 Å². The van der Waals surface area contributed by atoms with E-state index in [-0.39, 0.29) is 11.8 Å². The Morgan fingerprint density at radius 2 is 1.56 bits per heavy atom. The molecule has 0 unspecified atom stereocenters. The highest BCUT2D eigenvalue weighted by atomic mass is 16.2. The Bertz CT molecular complexity index is 590. The molecule has 1 saturated heterocycles. The summed E-state index contributed by atoms with van der Waals surface area (Å²) in [7, 11) is 0. The number of hydrogen-bond donors (Lipinski definition) is 2. The second kappa shape index (κ2) is 10.4. The average molecular weight is 375 g/mol. The lowest BCUT2D eigenvalue weighted by molar-refractivity contribution is -0.128. The van der Waals surface area contributed by atoms with Crippen molar-refractivity contribution in [1.29, 1.82) is 0 Å². The average Bonchev–Trinajstić information content (AvgIpc) is 2.63. The van der Waals surface area contributed by atoms with Crippen LogP contribution in [0.25, 0.3) is 0 Å². The molecule has 150 valence electrons. The highest BCUT2D eigenvalue weighted by Gasteiger charge is 2.20. The van der Waals surface area contributed by atoms with E-state index >= 15 is 0 Å². The van der Waals surface area contributed by atoms with E-state index in [0.29, 0.717) is 19.5 Å². The zero-order chi connectivity index (χ0) is 19.7. The molecular formula is C21H34N4O2. The van der Waals surface area contributed by atoms with E-state index in [1.807, 2.05) is 26.8 Å². The van der Waals surface area contributed by atoms with Gasteiger partial charge in [0.25, 0.3) is 0 Å². The topological polar surface area (TPSA) is 64.7 Å². The molecule has 2 rings (SSSR count). The first kappa shape index (κ1) is 21.4. The van der Waals surface area contributed by atoms with Crippen LogP contribution < -0.4 is 10.6 Å². The molecule has 0 atom stereocenters. The SMILES string of the molecule is CC(C)(C)C(=O)NCCC(=O)NCCN1CCN(Cc2ccccc2)CC1. The van der Waals surface area contributed by atoms with Crippen LogP contribution in [0.5, 0.6) is 0 Å². The summed E-state index contributed by atoms with van der Waals surface area (Å²) >= 11 is 0. The van der Waals surface area contributed by atoms with Crippen LogP contribution in [0.2, 0.25) is 0 Å². The van der Waals surface area contributed by atoms with E-state index < -0.39 is 5.41 Å². The largest absolute Gasteiger partial charge is 0.355 e. The highest BCUT2D eigenvalue weighted by Crippen LogP contribution is 2.12. The summed E-state index contributed by atoms with van der Waals surface area (Å²) in [5.41, 5.74) is 0.941. The van der Waals surface area contributed by atoms with Crippen LogP contribution in [-0.2, 0) is 16.1 Å². The lowest BCUT2D eigenvalue weighted by Gasteiger charge is -2.34. The van der Waals surface area contributed by atoms with E-state index in [0.717, 1.165) is 39.3 Å². The van der Waals surface area contributed by atoms with Gasteiger partial charge in [0.05, 0.1) is 0 Å². The Hall–Kier alpha value is -1.92. The number of benzene rings is 1. The van der Waals surface area contributed by atoms with Crippen LogP contribution in [0.1, 0.15) is 32.8 Å². The normalized spacial score (nSPS) is 16.1. The number of amides is 2. The molecule has 1 fully saturated rings. The highest BCUT2D eigenvalue weighted by molar-refractivity contribution is 5.82. The van der Waals surface area contributed by atoms with Gasteiger partial charge in [-0.1, -0.05) is 51.1 Å². The minimum absolute atomic E-state index is 0.00748. The van der Waals surface area contributed by atoms with E-state index in [1.165, 1.54) is 5.56 Å². The number of rotatable bonds is 8. The maximum absolute atomic E-state index is 11.9. The molecule has 1 heterocycles. The van der Waals surface area contributed by atoms with Crippen molar-refractivity contribution >= 4 is 11.8 Å². The first-order chi connectivity index (χ1) is 12.8. The predicted octanol–water partition coefficient (Wildman–Crippen LogP) is 1.47. The minimum Gasteiger partial charge on any atom is -0.355 e. The second-order valence-corrected chi connectivity index (χ2v) is 8.21. The fraction of sp³-hybridized carbons (Fsp3) is 0.619. The summed E-state index contributed by atoms with van der Waals surface area (Å²) in [6.45, 7) is 12.7. The summed E-state index contributed by atoms with van der Waals surface area (Å²) in [6.07, 6.45) is 0.326. The third-order valence-corrected chi connectivity index (χ3v) is 4.78. The number of carbonyl (C=O) groups is 2. The van der Waals surface area contributed by atoms with Gasteiger partial charge in [-0.15, -0.1) is 0 Å². The van der Waals surface area contributed by atoms with Crippen LogP contribution in [0.15, 0.2) is 30.3 Å². The fourth-order valence-electron chi connectivity index (χ4n) is 3.01. The second-order valence-electron chi connectivity index (χ2n) is 8.21. The van der Waals surface area contributed by atoms with E-state index in [4.69, 9.17) is 0 Å². The summed E-state index contributed by atoms with van der Waals surface area (Å²) in [4.78, 5) is 28.5. The molecule has 2 N–H and O–H groups in total. The van der Waals surface area contributed by atoms with Gasteiger partial charge in [-0.25, -0.2) is 0 Å². The standard InChI is InChI=1S/C21H34N4O2/c1-21(2,3)20(27)23-10-9-19(26)22-11-12-24-13-15-25(16-14-24)17-18-7-5-4-6-8-18/h4-8H,9-17H2,1-3H3,(H,22,26)(H,23,27). The van der Waals surface area contributed by atoms with Crippen molar-refractivity contribution in [3.8, 4) is 0 Å². The molecule has 0 aliphatic carbocycles. The maximum atomic E-state index is 11.9. The predicted molar refractivity (Wildman–Crippen MR) is 108 cm³/mol. The minimum atomic E-state index is -0.418. The van der Waals surface area contributed by atoms with Gasteiger partial charge in [0.15, 0.2) is 0 Å². The van der Waals surface area contributed by atoms with Crippen molar-refractivity contribution in [1.82, 2.24) is 20.4 Å². The number of carbonyl (C=O) groups excluding carboxylic acids is 2. The molecular weight excluding hydrogens is 340 g/mol. The quantitative estimate of drug-likeness (QED) is 0.723. The molecule has 1 aromatic rings. The number of hydrogen-bond acceptors (Lipinski definition) is 4. The van der Waals surface area contributed by atoms with E-state index in [2.05, 4.69) is 44.7 Å². The third kappa shape index (κ3) is 8.10. The number of nitrogens with one attached hydrogen (secondary N) is 2. The van der Waals surface area contributed by atoms with Gasteiger partial charge in [0.2, 0.25) is 11.8 Å². The lowest BCUT2D eigenvalue weighted by atomic mass is 9.96. The summed E-state index contributed by atoms with van der Waals surface area (Å²) in [6, 6.07) is 10.6. The van der Waals surface area contributed by atoms with Crippen LogP contribution in [0, 0.1) is 5.41 Å². The molecule has 0 aromatic heterocycles. The summed E-state index contributed by atoms with van der Waals surface area (Å²) in [5, 5.41) is 5.75. The van der Waals surface area contributed by atoms with Gasteiger partial charge < -0.3 is 10.6 Å². The van der Waals surface area contributed by atoms with Crippen molar-refractivity contribution in [2.45, 2.75) is 33.7 Å². The van der Waals surface area contributed by atoms with Crippen molar-refractivity contribution < 1.29 is 9.59 Å². The third-order valence-electron chi connectivity index (χ3n) is 4.78. The maximum Gasteiger partial charge on any atom is 0.225 e. The Labute approximate surface area is 163 Å². The Morgan fingerprint density at radius 1 is 0.926 bits per heavy atom. The van der Waals surface area contributed by atoms with Gasteiger partial charge in [-0.2, -0.15) is 0 Å². The monoisotopic (exact) mass is 374 g/mol. The van der Waals surface area contributed by atoms with Gasteiger partial charge in [-0.3, -0.25) is 19.4 Å². The van der Waals surface area contributed by atoms with Crippen LogP contribution >= 0.6 is 0 Å². The summed E-state index contributed by atoms with van der Waals surface area (Å²) < 4.78 is 0. The molecule has 6 nitrogen and oxygen atoms in total. The molecule has 1 aliphatic heterocycles. The first-order valence-electron chi connectivity index (χ1n) is 9.88. The molecule has 0 spiro atoms. The molecule has 6 heteroatoms. The number of piperazine rings is 1. The van der Waals surface area contributed by atoms with Crippen molar-refractivity contribution in [2.24, 2.45) is 5.41 Å². The zero-order valence-corrected chi connectivity index (χ0v) is 17.0. The molecule has 0 saturated carbocycles. The van der Waals surface area contributed by atoms with Crippen molar-refractivity contribution in [3.63, 3.8) is 0 Å².